The number of carbonyl (C=O) groups excluding carboxylic acids is 1. The molecule has 4 nitrogen and oxygen atoms in total. The summed E-state index contributed by atoms with van der Waals surface area (Å²) >= 11 is 6.06. The summed E-state index contributed by atoms with van der Waals surface area (Å²) in [4.78, 5) is 16.0. The van der Waals surface area contributed by atoms with Gasteiger partial charge < -0.3 is 9.80 Å². The van der Waals surface area contributed by atoms with Gasteiger partial charge >= 0.3 is 0 Å². The molecular weight excluding hydrogens is 274 g/mol. The fraction of sp³-hybridized carbons (Fsp3) is 0.467. The zero-order valence-corrected chi connectivity index (χ0v) is 12.5. The van der Waals surface area contributed by atoms with Gasteiger partial charge in [0, 0.05) is 37.8 Å². The van der Waals surface area contributed by atoms with Crippen molar-refractivity contribution >= 4 is 23.2 Å². The number of hydrogen-bond acceptors (Lipinski definition) is 3. The highest BCUT2D eigenvalue weighted by molar-refractivity contribution is 6.32. The van der Waals surface area contributed by atoms with E-state index in [2.05, 4.69) is 11.0 Å². The molecule has 106 valence electrons. The van der Waals surface area contributed by atoms with Gasteiger partial charge in [-0.15, -0.1) is 0 Å². The molecule has 1 saturated heterocycles. The van der Waals surface area contributed by atoms with E-state index in [1.54, 1.807) is 6.07 Å². The van der Waals surface area contributed by atoms with E-state index in [0.29, 0.717) is 10.6 Å². The third-order valence-corrected chi connectivity index (χ3v) is 3.84. The molecule has 0 aliphatic carbocycles. The van der Waals surface area contributed by atoms with Crippen molar-refractivity contribution < 1.29 is 4.79 Å². The maximum absolute atomic E-state index is 11.9. The Morgan fingerprint density at radius 1 is 1.30 bits per heavy atom. The minimum absolute atomic E-state index is 0.0471. The average Bonchev–Trinajstić information content (AvgIpc) is 2.46. The summed E-state index contributed by atoms with van der Waals surface area (Å²) in [5.41, 5.74) is 1.50. The number of nitriles is 1. The van der Waals surface area contributed by atoms with Crippen LogP contribution in [0.15, 0.2) is 18.2 Å². The Morgan fingerprint density at radius 3 is 2.45 bits per heavy atom. The molecule has 1 aliphatic heterocycles. The number of amides is 1. The highest BCUT2D eigenvalue weighted by Crippen LogP contribution is 2.24. The molecule has 0 atom stereocenters. The van der Waals surface area contributed by atoms with Crippen LogP contribution < -0.4 is 4.90 Å². The molecule has 1 aromatic carbocycles. The fourth-order valence-corrected chi connectivity index (χ4v) is 2.56. The van der Waals surface area contributed by atoms with Gasteiger partial charge in [0.25, 0.3) is 0 Å². The van der Waals surface area contributed by atoms with Crippen LogP contribution in [0.3, 0.4) is 0 Å². The van der Waals surface area contributed by atoms with Gasteiger partial charge in [0.15, 0.2) is 0 Å². The average molecular weight is 292 g/mol. The van der Waals surface area contributed by atoms with Crippen molar-refractivity contribution in [1.29, 1.82) is 5.26 Å². The molecule has 0 radical (unpaired) electrons. The second-order valence-corrected chi connectivity index (χ2v) is 5.65. The molecule has 0 aromatic heterocycles. The summed E-state index contributed by atoms with van der Waals surface area (Å²) in [7, 11) is 0. The second-order valence-electron chi connectivity index (χ2n) is 5.24. The summed E-state index contributed by atoms with van der Waals surface area (Å²) in [6, 6.07) is 7.52. The van der Waals surface area contributed by atoms with Crippen molar-refractivity contribution in [3.63, 3.8) is 0 Å². The van der Waals surface area contributed by atoms with Gasteiger partial charge in [0.2, 0.25) is 5.91 Å². The lowest BCUT2D eigenvalue weighted by molar-refractivity contribution is -0.134. The Bertz CT molecular complexity index is 543. The minimum Gasteiger partial charge on any atom is -0.368 e. The van der Waals surface area contributed by atoms with E-state index < -0.39 is 0 Å². The van der Waals surface area contributed by atoms with Crippen molar-refractivity contribution in [3.05, 3.63) is 28.8 Å². The highest BCUT2D eigenvalue weighted by atomic mass is 35.5. The van der Waals surface area contributed by atoms with Crippen LogP contribution in [0.2, 0.25) is 5.02 Å². The van der Waals surface area contributed by atoms with Gasteiger partial charge in [-0.3, -0.25) is 4.79 Å². The third-order valence-electron chi connectivity index (χ3n) is 3.52. The molecule has 1 fully saturated rings. The Morgan fingerprint density at radius 2 is 1.95 bits per heavy atom. The standard InChI is InChI=1S/C15H18ClN3O/c1-11(2)15(20)19-7-5-18(6-8-19)13-4-3-12(10-17)14(16)9-13/h3-4,9,11H,5-8H2,1-2H3. The Hall–Kier alpha value is -1.73. The summed E-state index contributed by atoms with van der Waals surface area (Å²) < 4.78 is 0. The number of rotatable bonds is 2. The molecule has 2 rings (SSSR count). The minimum atomic E-state index is 0.0471. The zero-order valence-electron chi connectivity index (χ0n) is 11.8. The number of hydrogen-bond donors (Lipinski definition) is 0. The van der Waals surface area contributed by atoms with E-state index >= 15 is 0 Å². The lowest BCUT2D eigenvalue weighted by Crippen LogP contribution is -2.49. The number of halogens is 1. The monoisotopic (exact) mass is 291 g/mol. The van der Waals surface area contributed by atoms with Crippen LogP contribution in [0.5, 0.6) is 0 Å². The van der Waals surface area contributed by atoms with Crippen LogP contribution in [-0.2, 0) is 4.79 Å². The molecule has 20 heavy (non-hydrogen) atoms. The fourth-order valence-electron chi connectivity index (χ4n) is 2.34. The second kappa shape index (κ2) is 6.15. The molecule has 1 heterocycles. The van der Waals surface area contributed by atoms with E-state index in [0.717, 1.165) is 31.9 Å². The largest absolute Gasteiger partial charge is 0.368 e. The van der Waals surface area contributed by atoms with Gasteiger partial charge in [-0.2, -0.15) is 5.26 Å². The predicted octanol–water partition coefficient (Wildman–Crippen LogP) is 2.52. The normalized spacial score (nSPS) is 15.3. The predicted molar refractivity (Wildman–Crippen MR) is 79.8 cm³/mol. The molecular formula is C15H18ClN3O. The van der Waals surface area contributed by atoms with Crippen molar-refractivity contribution in [2.45, 2.75) is 13.8 Å². The van der Waals surface area contributed by atoms with Gasteiger partial charge in [0.1, 0.15) is 6.07 Å². The van der Waals surface area contributed by atoms with E-state index in [1.807, 2.05) is 30.9 Å². The maximum atomic E-state index is 11.9. The van der Waals surface area contributed by atoms with Crippen LogP contribution in [-0.4, -0.2) is 37.0 Å². The molecule has 5 heteroatoms. The highest BCUT2D eigenvalue weighted by Gasteiger charge is 2.23. The van der Waals surface area contributed by atoms with Gasteiger partial charge in [-0.25, -0.2) is 0 Å². The Balaban J connectivity index is 2.02. The first-order chi connectivity index (χ1) is 9.52. The Labute approximate surface area is 124 Å². The van der Waals surface area contributed by atoms with Crippen molar-refractivity contribution in [2.75, 3.05) is 31.1 Å². The number of anilines is 1. The van der Waals surface area contributed by atoms with Crippen molar-refractivity contribution in [1.82, 2.24) is 4.90 Å². The number of piperazine rings is 1. The SMILES string of the molecule is CC(C)C(=O)N1CCN(c2ccc(C#N)c(Cl)c2)CC1. The zero-order chi connectivity index (χ0) is 14.7. The van der Waals surface area contributed by atoms with E-state index in [1.165, 1.54) is 0 Å². The number of benzene rings is 1. The van der Waals surface area contributed by atoms with Gasteiger partial charge in [0.05, 0.1) is 10.6 Å². The summed E-state index contributed by atoms with van der Waals surface area (Å²) in [5, 5.41) is 9.35. The quantitative estimate of drug-likeness (QED) is 0.841. The molecule has 0 unspecified atom stereocenters. The lowest BCUT2D eigenvalue weighted by Gasteiger charge is -2.37. The first kappa shape index (κ1) is 14.7. The topological polar surface area (TPSA) is 47.3 Å². The Kier molecular flexibility index (Phi) is 4.51. The molecule has 1 amide bonds. The first-order valence-electron chi connectivity index (χ1n) is 6.76. The van der Waals surface area contributed by atoms with E-state index in [9.17, 15) is 4.79 Å². The van der Waals surface area contributed by atoms with Gasteiger partial charge in [-0.1, -0.05) is 25.4 Å². The third kappa shape index (κ3) is 3.05. The molecule has 0 N–H and O–H groups in total. The number of nitrogens with zero attached hydrogens (tertiary/aromatic N) is 3. The lowest BCUT2D eigenvalue weighted by atomic mass is 10.1. The van der Waals surface area contributed by atoms with Crippen molar-refractivity contribution in [2.24, 2.45) is 5.92 Å². The van der Waals surface area contributed by atoms with E-state index in [-0.39, 0.29) is 11.8 Å². The molecule has 0 bridgehead atoms. The molecule has 0 spiro atoms. The maximum Gasteiger partial charge on any atom is 0.225 e. The summed E-state index contributed by atoms with van der Waals surface area (Å²) in [6.45, 7) is 6.90. The first-order valence-corrected chi connectivity index (χ1v) is 7.14. The molecule has 1 aromatic rings. The smallest absolute Gasteiger partial charge is 0.225 e. The van der Waals surface area contributed by atoms with Crippen LogP contribution >= 0.6 is 11.6 Å². The van der Waals surface area contributed by atoms with Crippen LogP contribution in [0.25, 0.3) is 0 Å². The van der Waals surface area contributed by atoms with Crippen LogP contribution in [0, 0.1) is 17.2 Å². The summed E-state index contributed by atoms with van der Waals surface area (Å²) in [5.74, 6) is 0.258. The van der Waals surface area contributed by atoms with Crippen LogP contribution in [0.4, 0.5) is 5.69 Å². The number of carbonyl (C=O) groups is 1. The van der Waals surface area contributed by atoms with Crippen LogP contribution in [0.1, 0.15) is 19.4 Å². The van der Waals surface area contributed by atoms with E-state index in [4.69, 9.17) is 16.9 Å². The molecule has 0 saturated carbocycles. The molecule has 1 aliphatic rings. The van der Waals surface area contributed by atoms with Crippen molar-refractivity contribution in [3.8, 4) is 6.07 Å². The summed E-state index contributed by atoms with van der Waals surface area (Å²) in [6.07, 6.45) is 0. The van der Waals surface area contributed by atoms with Gasteiger partial charge in [-0.05, 0) is 18.2 Å².